The molecule has 146 valence electrons. The number of benzene rings is 2. The van der Waals surface area contributed by atoms with Crippen LogP contribution < -0.4 is 4.74 Å². The largest absolute Gasteiger partial charge is 0.496 e. The van der Waals surface area contributed by atoms with Crippen LogP contribution in [-0.4, -0.2) is 42.8 Å². The standard InChI is InChI=1S/C22H23NO5/c1-15(16-8-4-3-5-9-16)23-13-17(12-21(23)25)22(26)28-14-19(24)18-10-6-7-11-20(18)27-2/h3-11,15,17H,12-14H2,1-2H3/t15-,17+/m0/s1. The van der Waals surface area contributed by atoms with Gasteiger partial charge in [0.2, 0.25) is 11.7 Å². The van der Waals surface area contributed by atoms with Gasteiger partial charge in [-0.05, 0) is 24.6 Å². The third-order valence-electron chi connectivity index (χ3n) is 4.99. The zero-order valence-electron chi connectivity index (χ0n) is 16.0. The number of amides is 1. The summed E-state index contributed by atoms with van der Waals surface area (Å²) in [7, 11) is 1.48. The third kappa shape index (κ3) is 4.22. The Bertz CT molecular complexity index is 864. The van der Waals surface area contributed by atoms with Crippen LogP contribution in [0.15, 0.2) is 54.6 Å². The Morgan fingerprint density at radius 3 is 2.50 bits per heavy atom. The second-order valence-electron chi connectivity index (χ2n) is 6.76. The molecule has 28 heavy (non-hydrogen) atoms. The Morgan fingerprint density at radius 2 is 1.79 bits per heavy atom. The van der Waals surface area contributed by atoms with E-state index in [0.29, 0.717) is 11.3 Å². The average Bonchev–Trinajstić information content (AvgIpc) is 3.13. The van der Waals surface area contributed by atoms with Gasteiger partial charge in [-0.3, -0.25) is 14.4 Å². The van der Waals surface area contributed by atoms with Crippen LogP contribution in [0.25, 0.3) is 0 Å². The van der Waals surface area contributed by atoms with E-state index < -0.39 is 11.9 Å². The highest BCUT2D eigenvalue weighted by molar-refractivity contribution is 6.00. The highest BCUT2D eigenvalue weighted by Gasteiger charge is 2.38. The van der Waals surface area contributed by atoms with Gasteiger partial charge in [-0.2, -0.15) is 0 Å². The first-order chi connectivity index (χ1) is 13.5. The van der Waals surface area contributed by atoms with Crippen molar-refractivity contribution in [1.29, 1.82) is 0 Å². The molecular formula is C22H23NO5. The maximum atomic E-state index is 12.4. The van der Waals surface area contributed by atoms with E-state index in [1.165, 1.54) is 7.11 Å². The Hall–Kier alpha value is -3.15. The summed E-state index contributed by atoms with van der Waals surface area (Å²) in [5.74, 6) is -1.09. The van der Waals surface area contributed by atoms with Gasteiger partial charge < -0.3 is 14.4 Å². The molecule has 0 bridgehead atoms. The first kappa shape index (κ1) is 19.6. The number of ether oxygens (including phenoxy) is 2. The van der Waals surface area contributed by atoms with Crippen molar-refractivity contribution in [2.45, 2.75) is 19.4 Å². The quantitative estimate of drug-likeness (QED) is 0.544. The van der Waals surface area contributed by atoms with Crippen LogP contribution in [0.4, 0.5) is 0 Å². The maximum absolute atomic E-state index is 12.4. The highest BCUT2D eigenvalue weighted by Crippen LogP contribution is 2.29. The molecule has 2 atom stereocenters. The molecule has 6 nitrogen and oxygen atoms in total. The zero-order chi connectivity index (χ0) is 20.1. The number of rotatable bonds is 7. The fraction of sp³-hybridized carbons (Fsp3) is 0.318. The molecule has 1 aliphatic heterocycles. The lowest BCUT2D eigenvalue weighted by atomic mass is 10.1. The summed E-state index contributed by atoms with van der Waals surface area (Å²) in [6.07, 6.45) is 0.0961. The second kappa shape index (κ2) is 8.69. The molecule has 1 fully saturated rings. The van der Waals surface area contributed by atoms with Crippen LogP contribution in [0.1, 0.15) is 35.3 Å². The molecule has 2 aromatic rings. The normalized spacial score (nSPS) is 17.3. The van der Waals surface area contributed by atoms with Crippen LogP contribution >= 0.6 is 0 Å². The Kier molecular flexibility index (Phi) is 6.09. The van der Waals surface area contributed by atoms with E-state index in [1.54, 1.807) is 29.2 Å². The van der Waals surface area contributed by atoms with Gasteiger partial charge in [0.1, 0.15) is 5.75 Å². The van der Waals surface area contributed by atoms with Gasteiger partial charge in [0.15, 0.2) is 6.61 Å². The number of likely N-dealkylation sites (tertiary alicyclic amines) is 1. The van der Waals surface area contributed by atoms with E-state index in [1.807, 2.05) is 37.3 Å². The number of carbonyl (C=O) groups excluding carboxylic acids is 3. The number of methoxy groups -OCH3 is 1. The summed E-state index contributed by atoms with van der Waals surface area (Å²) >= 11 is 0. The molecule has 0 N–H and O–H groups in total. The number of ketones is 1. The minimum Gasteiger partial charge on any atom is -0.496 e. The maximum Gasteiger partial charge on any atom is 0.311 e. The second-order valence-corrected chi connectivity index (χ2v) is 6.76. The molecule has 0 spiro atoms. The van der Waals surface area contributed by atoms with Crippen molar-refractivity contribution >= 4 is 17.7 Å². The lowest BCUT2D eigenvalue weighted by Gasteiger charge is -2.25. The molecule has 0 unspecified atom stereocenters. The fourth-order valence-corrected chi connectivity index (χ4v) is 3.38. The number of carbonyl (C=O) groups is 3. The minimum absolute atomic E-state index is 0.0886. The third-order valence-corrected chi connectivity index (χ3v) is 4.99. The molecule has 0 saturated carbocycles. The molecule has 1 saturated heterocycles. The molecule has 2 aromatic carbocycles. The lowest BCUT2D eigenvalue weighted by Crippen LogP contribution is -2.30. The van der Waals surface area contributed by atoms with Crippen molar-refractivity contribution in [3.05, 3.63) is 65.7 Å². The topological polar surface area (TPSA) is 72.9 Å². The Balaban J connectivity index is 1.58. The van der Waals surface area contributed by atoms with Crippen molar-refractivity contribution in [2.75, 3.05) is 20.3 Å². The predicted molar refractivity (Wildman–Crippen MR) is 103 cm³/mol. The molecule has 6 heteroatoms. The Morgan fingerprint density at radius 1 is 1.11 bits per heavy atom. The van der Waals surface area contributed by atoms with Gasteiger partial charge >= 0.3 is 5.97 Å². The van der Waals surface area contributed by atoms with Gasteiger partial charge in [0.25, 0.3) is 0 Å². The number of hydrogen-bond donors (Lipinski definition) is 0. The van der Waals surface area contributed by atoms with Crippen LogP contribution in [0, 0.1) is 5.92 Å². The van der Waals surface area contributed by atoms with E-state index in [0.717, 1.165) is 5.56 Å². The first-order valence-corrected chi connectivity index (χ1v) is 9.18. The first-order valence-electron chi connectivity index (χ1n) is 9.18. The van der Waals surface area contributed by atoms with Gasteiger partial charge in [0.05, 0.1) is 24.6 Å². The predicted octanol–water partition coefficient (Wildman–Crippen LogP) is 3.03. The summed E-state index contributed by atoms with van der Waals surface area (Å²) in [4.78, 5) is 38.8. The van der Waals surface area contributed by atoms with Crippen LogP contribution in [0.2, 0.25) is 0 Å². The van der Waals surface area contributed by atoms with Crippen molar-refractivity contribution < 1.29 is 23.9 Å². The van der Waals surface area contributed by atoms with Crippen molar-refractivity contribution in [3.8, 4) is 5.75 Å². The van der Waals surface area contributed by atoms with E-state index in [4.69, 9.17) is 9.47 Å². The van der Waals surface area contributed by atoms with E-state index in [-0.39, 0.29) is 37.3 Å². The molecule has 0 aromatic heterocycles. The lowest BCUT2D eigenvalue weighted by molar-refractivity contribution is -0.147. The zero-order valence-corrected chi connectivity index (χ0v) is 16.0. The summed E-state index contributed by atoms with van der Waals surface area (Å²) in [6.45, 7) is 1.85. The van der Waals surface area contributed by atoms with E-state index >= 15 is 0 Å². The number of para-hydroxylation sites is 1. The Labute approximate surface area is 164 Å². The van der Waals surface area contributed by atoms with Gasteiger partial charge in [-0.25, -0.2) is 0 Å². The average molecular weight is 381 g/mol. The summed E-state index contributed by atoms with van der Waals surface area (Å²) in [5, 5.41) is 0. The molecule has 1 heterocycles. The fourth-order valence-electron chi connectivity index (χ4n) is 3.38. The molecule has 3 rings (SSSR count). The SMILES string of the molecule is COc1ccccc1C(=O)COC(=O)[C@@H]1CC(=O)N([C@@H](C)c2ccccc2)C1. The van der Waals surface area contributed by atoms with Crippen molar-refractivity contribution in [3.63, 3.8) is 0 Å². The highest BCUT2D eigenvalue weighted by atomic mass is 16.5. The molecule has 0 aliphatic carbocycles. The van der Waals surface area contributed by atoms with Gasteiger partial charge in [-0.15, -0.1) is 0 Å². The van der Waals surface area contributed by atoms with Crippen molar-refractivity contribution in [1.82, 2.24) is 4.90 Å². The van der Waals surface area contributed by atoms with E-state index in [9.17, 15) is 14.4 Å². The van der Waals surface area contributed by atoms with Crippen molar-refractivity contribution in [2.24, 2.45) is 5.92 Å². The monoisotopic (exact) mass is 381 g/mol. The smallest absolute Gasteiger partial charge is 0.311 e. The van der Waals surface area contributed by atoms with Gasteiger partial charge in [0, 0.05) is 13.0 Å². The number of nitrogens with zero attached hydrogens (tertiary/aromatic N) is 1. The molecular weight excluding hydrogens is 358 g/mol. The van der Waals surface area contributed by atoms with Crippen LogP contribution in [0.5, 0.6) is 5.75 Å². The number of esters is 1. The summed E-state index contributed by atoms with van der Waals surface area (Å²) in [6, 6.07) is 16.3. The molecule has 1 aliphatic rings. The minimum atomic E-state index is -0.566. The van der Waals surface area contributed by atoms with Crippen LogP contribution in [0.3, 0.4) is 0 Å². The summed E-state index contributed by atoms with van der Waals surface area (Å²) in [5.41, 5.74) is 1.37. The summed E-state index contributed by atoms with van der Waals surface area (Å²) < 4.78 is 10.4. The molecule has 0 radical (unpaired) electrons. The van der Waals surface area contributed by atoms with E-state index in [2.05, 4.69) is 0 Å². The van der Waals surface area contributed by atoms with Crippen LogP contribution in [-0.2, 0) is 14.3 Å². The molecule has 1 amide bonds. The number of Topliss-reactive ketones (excluding diaryl/α,β-unsaturated/α-hetero) is 1. The number of hydrogen-bond acceptors (Lipinski definition) is 5. The van der Waals surface area contributed by atoms with Gasteiger partial charge in [-0.1, -0.05) is 42.5 Å².